The zero-order valence-electron chi connectivity index (χ0n) is 50.2. The van der Waals surface area contributed by atoms with Crippen LogP contribution in [0.3, 0.4) is 0 Å². The highest BCUT2D eigenvalue weighted by Gasteiger charge is 2.77. The number of nitrogens with one attached hydrogen (secondary N) is 2. The van der Waals surface area contributed by atoms with Crippen molar-refractivity contribution in [2.45, 2.75) is 153 Å². The lowest BCUT2D eigenvalue weighted by molar-refractivity contribution is -0.220. The van der Waals surface area contributed by atoms with E-state index in [0.717, 1.165) is 21.6 Å². The number of rotatable bonds is 19. The standard InChI is InChI=1S/C66H78F2N2O16S2/c1-37-25-47-45-19-17-41-27-43(71)21-23-59(41,3)63(45,67)51(73)29-61(47,5)65(37,81)53(75)33-83-55(77)49(69-57(79)85-31-39-13-9-7-10-14-39)35-87-88-36-50(70-58(80)86-32-40-15-11-8-12-16-40)56(78)84-34-54(76)66(82)38(2)26-48-46-20-18-42-28-44(72)22-24-60(42,4)64(46,68)52(74)30-62(48,66)6/h7-16,21-24,27-28,37-38,45-52,73-74,81-82H,17-20,25-26,29-36H2,1-6H3,(H,69,79)(H,70,80)/t37-,38-,45+,46+,47+,48+,49?,50?,51+,52+,59+,60+,61+,62+,63+,64+,65+,66+/m1/s1. The fourth-order valence-corrected chi connectivity index (χ4v) is 19.7. The summed E-state index contributed by atoms with van der Waals surface area (Å²) in [5.41, 5.74) is -11.8. The Labute approximate surface area is 517 Å². The number of alkyl carbamates (subject to hydrolysis) is 2. The highest BCUT2D eigenvalue weighted by Crippen LogP contribution is 2.72. The molecule has 474 valence electrons. The zero-order valence-corrected chi connectivity index (χ0v) is 51.8. The maximum atomic E-state index is 17.9. The average Bonchev–Trinajstić information content (AvgIpc) is 1.34. The van der Waals surface area contributed by atoms with Crippen LogP contribution < -0.4 is 10.6 Å². The lowest BCUT2D eigenvalue weighted by Gasteiger charge is -2.62. The van der Waals surface area contributed by atoms with Crippen molar-refractivity contribution in [1.82, 2.24) is 10.6 Å². The highest BCUT2D eigenvalue weighted by atomic mass is 33.1. The van der Waals surface area contributed by atoms with Gasteiger partial charge in [0.25, 0.3) is 0 Å². The molecule has 18 atom stereocenters. The summed E-state index contributed by atoms with van der Waals surface area (Å²) in [6.45, 7) is 7.62. The lowest BCUT2D eigenvalue weighted by Crippen LogP contribution is -2.69. The Kier molecular flexibility index (Phi) is 17.9. The summed E-state index contributed by atoms with van der Waals surface area (Å²) in [7, 11) is 1.86. The van der Waals surface area contributed by atoms with E-state index in [9.17, 15) is 58.8 Å². The summed E-state index contributed by atoms with van der Waals surface area (Å²) >= 11 is 0. The minimum atomic E-state index is -2.23. The molecule has 2 aromatic carbocycles. The summed E-state index contributed by atoms with van der Waals surface area (Å²) in [6, 6.07) is 14.3. The minimum absolute atomic E-state index is 0.188. The molecule has 10 rings (SSSR count). The number of aliphatic hydroxyl groups excluding tert-OH is 2. The van der Waals surface area contributed by atoms with Gasteiger partial charge in [-0.2, -0.15) is 0 Å². The van der Waals surface area contributed by atoms with Crippen LogP contribution in [0.4, 0.5) is 18.4 Å². The molecule has 2 amide bonds. The van der Waals surface area contributed by atoms with Crippen LogP contribution in [-0.4, -0.2) is 139 Å². The van der Waals surface area contributed by atoms with E-state index >= 15 is 8.78 Å². The number of Topliss-reactive ketones (excluding diaryl/α,β-unsaturated/α-hetero) is 2. The number of aliphatic hydroxyl groups is 4. The first-order valence-electron chi connectivity index (χ1n) is 30.2. The van der Waals surface area contributed by atoms with Crippen LogP contribution in [0.2, 0.25) is 0 Å². The van der Waals surface area contributed by atoms with Crippen molar-refractivity contribution in [2.75, 3.05) is 24.7 Å². The smallest absolute Gasteiger partial charge is 0.408 e. The summed E-state index contributed by atoms with van der Waals surface area (Å²) in [5.74, 6) is -9.55. The van der Waals surface area contributed by atoms with Gasteiger partial charge in [-0.15, -0.1) is 0 Å². The van der Waals surface area contributed by atoms with Crippen LogP contribution in [0.1, 0.15) is 104 Å². The second-order valence-corrected chi connectivity index (χ2v) is 29.0. The van der Waals surface area contributed by atoms with Crippen molar-refractivity contribution in [3.8, 4) is 0 Å². The summed E-state index contributed by atoms with van der Waals surface area (Å²) < 4.78 is 57.8. The van der Waals surface area contributed by atoms with Gasteiger partial charge < -0.3 is 50.0 Å². The molecule has 8 aliphatic rings. The van der Waals surface area contributed by atoms with Gasteiger partial charge in [0, 0.05) is 45.0 Å². The number of hydrogen-bond acceptors (Lipinski definition) is 18. The molecule has 6 N–H and O–H groups in total. The van der Waals surface area contributed by atoms with Crippen molar-refractivity contribution in [1.29, 1.82) is 0 Å². The third-order valence-corrected chi connectivity index (χ3v) is 24.5. The SMILES string of the molecule is C[C@@H]1C[C@H]2[C@@H]3CCC4=CC(=O)C=C[C@]4(C)[C@@]3(F)[C@@H](O)C[C@]2(C)[C@@]1(O)C(=O)COC(=O)C(CSSCC(NC(=O)OCc1ccccc1)C(=O)OCC(=O)[C@@]1(O)[C@H](C)C[C@H]2[C@@H]3CCC4=CC(=O)C=C[C@]4(C)[C@@]3(F)[C@@H](O)C[C@@]21C)NC(=O)OCc1ccccc1. The number of ketones is 4. The number of allylic oxidation sites excluding steroid dienone is 8. The molecule has 0 spiro atoms. The number of esters is 2. The van der Waals surface area contributed by atoms with Crippen LogP contribution in [0.5, 0.6) is 0 Å². The first kappa shape index (κ1) is 64.9. The van der Waals surface area contributed by atoms with Crippen molar-refractivity contribution >= 4 is 68.8 Å². The number of carbonyl (C=O) groups is 8. The fraction of sp³-hybridized carbons (Fsp3) is 0.576. The van der Waals surface area contributed by atoms with Crippen molar-refractivity contribution in [3.63, 3.8) is 0 Å². The molecule has 18 nitrogen and oxygen atoms in total. The van der Waals surface area contributed by atoms with E-state index < -0.39 is 153 Å². The van der Waals surface area contributed by atoms with E-state index in [2.05, 4.69) is 10.6 Å². The third kappa shape index (κ3) is 10.6. The Morgan fingerprint density at radius 3 is 1.31 bits per heavy atom. The molecule has 22 heteroatoms. The minimum Gasteiger partial charge on any atom is -0.456 e. The lowest BCUT2D eigenvalue weighted by atomic mass is 9.44. The Morgan fingerprint density at radius 2 is 0.943 bits per heavy atom. The van der Waals surface area contributed by atoms with E-state index in [-0.39, 0.29) is 74.8 Å². The van der Waals surface area contributed by atoms with Gasteiger partial charge in [-0.25, -0.2) is 28.0 Å². The number of halogens is 2. The second kappa shape index (κ2) is 24.3. The molecule has 8 aliphatic carbocycles. The van der Waals surface area contributed by atoms with Gasteiger partial charge in [-0.3, -0.25) is 19.2 Å². The fourth-order valence-electron chi connectivity index (χ4n) is 17.4. The average molecular weight is 1260 g/mol. The molecule has 0 radical (unpaired) electrons. The Morgan fingerprint density at radius 1 is 0.580 bits per heavy atom. The van der Waals surface area contributed by atoms with Crippen molar-refractivity contribution < 1.29 is 86.5 Å². The van der Waals surface area contributed by atoms with Crippen LogP contribution in [-0.2, 0) is 60.9 Å². The molecular formula is C66H78F2N2O16S2. The number of hydrogen-bond donors (Lipinski definition) is 6. The normalized spacial score (nSPS) is 38.2. The molecule has 0 saturated heterocycles. The van der Waals surface area contributed by atoms with Crippen LogP contribution in [0.15, 0.2) is 108 Å². The third-order valence-electron chi connectivity index (χ3n) is 22.1. The molecule has 2 unspecified atom stereocenters. The quantitative estimate of drug-likeness (QED) is 0.0338. The van der Waals surface area contributed by atoms with Crippen molar-refractivity contribution in [3.05, 3.63) is 119 Å². The van der Waals surface area contributed by atoms with Crippen LogP contribution in [0, 0.1) is 57.2 Å². The molecule has 0 heterocycles. The predicted octanol–water partition coefficient (Wildman–Crippen LogP) is 7.88. The topological polar surface area (TPSA) is 278 Å². The number of ether oxygens (including phenoxy) is 4. The van der Waals surface area contributed by atoms with E-state index in [1.165, 1.54) is 36.5 Å². The number of amides is 2. The molecule has 2 aromatic rings. The molecule has 6 saturated carbocycles. The number of carbonyl (C=O) groups excluding carboxylic acids is 8. The summed E-state index contributed by atoms with van der Waals surface area (Å²) in [5, 5.41) is 53.9. The van der Waals surface area contributed by atoms with Gasteiger partial charge >= 0.3 is 24.1 Å². The number of alkyl halides is 2. The number of benzene rings is 2. The summed E-state index contributed by atoms with van der Waals surface area (Å²) in [4.78, 5) is 109. The maximum Gasteiger partial charge on any atom is 0.408 e. The van der Waals surface area contributed by atoms with Crippen LogP contribution in [0.25, 0.3) is 0 Å². The monoisotopic (exact) mass is 1260 g/mol. The van der Waals surface area contributed by atoms with E-state index in [1.807, 2.05) is 0 Å². The van der Waals surface area contributed by atoms with Gasteiger partial charge in [-0.1, -0.05) is 133 Å². The molecule has 6 fully saturated rings. The molecule has 0 aromatic heterocycles. The predicted molar refractivity (Wildman–Crippen MR) is 320 cm³/mol. The highest BCUT2D eigenvalue weighted by molar-refractivity contribution is 8.76. The van der Waals surface area contributed by atoms with Gasteiger partial charge in [-0.05, 0) is 124 Å². The number of fused-ring (bicyclic) bond motifs is 10. The zero-order chi connectivity index (χ0) is 63.6. The molecular weight excluding hydrogens is 1180 g/mol. The van der Waals surface area contributed by atoms with Gasteiger partial charge in [0.15, 0.2) is 36.1 Å². The second-order valence-electron chi connectivity index (χ2n) is 26.5. The van der Waals surface area contributed by atoms with Gasteiger partial charge in [0.05, 0.1) is 12.2 Å². The van der Waals surface area contributed by atoms with E-state index in [1.54, 1.807) is 102 Å². The molecule has 0 aliphatic heterocycles. The first-order chi connectivity index (χ1) is 41.5. The Hall–Kier alpha value is -6.04. The first-order valence-corrected chi connectivity index (χ1v) is 32.7. The van der Waals surface area contributed by atoms with E-state index in [4.69, 9.17) is 18.9 Å². The Balaban J connectivity index is 0.815. The van der Waals surface area contributed by atoms with Gasteiger partial charge in [0.2, 0.25) is 11.6 Å². The maximum absolute atomic E-state index is 17.9. The van der Waals surface area contributed by atoms with Crippen molar-refractivity contribution in [2.24, 2.45) is 57.2 Å². The van der Waals surface area contributed by atoms with E-state index in [0.29, 0.717) is 35.1 Å². The molecule has 88 heavy (non-hydrogen) atoms. The Bertz CT molecular complexity index is 3050. The van der Waals surface area contributed by atoms with Gasteiger partial charge in [0.1, 0.15) is 36.5 Å². The largest absolute Gasteiger partial charge is 0.456 e. The summed E-state index contributed by atoms with van der Waals surface area (Å²) in [6.07, 6.45) is 4.13. The molecule has 0 bridgehead atoms. The van der Waals surface area contributed by atoms with Crippen LogP contribution >= 0.6 is 21.6 Å².